The summed E-state index contributed by atoms with van der Waals surface area (Å²) in [5.74, 6) is 0.643. The topological polar surface area (TPSA) is 42.5 Å². The van der Waals surface area contributed by atoms with Gasteiger partial charge in [-0.3, -0.25) is 4.99 Å². The number of aliphatic imine (C=N–C) groups is 1. The van der Waals surface area contributed by atoms with E-state index in [-0.39, 0.29) is 12.1 Å². The first-order valence-electron chi connectivity index (χ1n) is 22.7. The third-order valence-electron chi connectivity index (χ3n) is 14.6. The molecule has 14 rings (SSSR count). The number of rotatable bonds is 4. The van der Waals surface area contributed by atoms with Gasteiger partial charge in [-0.05, 0) is 93.1 Å². The van der Waals surface area contributed by atoms with Crippen LogP contribution in [-0.2, 0) is 5.41 Å². The molecule has 3 unspecified atom stereocenters. The first kappa shape index (κ1) is 35.9. The Bertz CT molecular complexity index is 3630. The highest BCUT2D eigenvalue weighted by atomic mass is 16.3. The average Bonchev–Trinajstić information content (AvgIpc) is 4.01. The maximum Gasteiger partial charge on any atom is 0.145 e. The summed E-state index contributed by atoms with van der Waals surface area (Å²) in [6.07, 6.45) is 17.8. The molecule has 3 atom stereocenters. The Hall–Kier alpha value is -7.69. The smallest absolute Gasteiger partial charge is 0.145 e. The number of para-hydroxylation sites is 2. The second-order valence-electron chi connectivity index (χ2n) is 18.2. The number of hydrogen-bond acceptors (Lipinski definition) is 3. The van der Waals surface area contributed by atoms with Gasteiger partial charge in [0.25, 0.3) is 0 Å². The predicted molar refractivity (Wildman–Crippen MR) is 264 cm³/mol. The van der Waals surface area contributed by atoms with Gasteiger partial charge in [0.2, 0.25) is 0 Å². The molecule has 4 nitrogen and oxygen atoms in total. The Morgan fingerprint density at radius 3 is 2.22 bits per heavy atom. The van der Waals surface area contributed by atoms with Crippen LogP contribution in [0.3, 0.4) is 0 Å². The second-order valence-corrected chi connectivity index (χ2v) is 18.2. The maximum atomic E-state index is 7.38. The minimum Gasteiger partial charge on any atom is -0.455 e. The summed E-state index contributed by atoms with van der Waals surface area (Å²) >= 11 is 0. The molecule has 0 fully saturated rings. The number of allylic oxidation sites excluding steroid dienone is 9. The molecular formula is C60H43N3O. The van der Waals surface area contributed by atoms with E-state index in [2.05, 4.69) is 211 Å². The molecule has 0 amide bonds. The zero-order valence-electron chi connectivity index (χ0n) is 35.4. The van der Waals surface area contributed by atoms with Gasteiger partial charge in [0.15, 0.2) is 0 Å². The van der Waals surface area contributed by atoms with Crippen LogP contribution in [0.25, 0.3) is 77.4 Å². The van der Waals surface area contributed by atoms with Gasteiger partial charge in [0.1, 0.15) is 17.3 Å². The van der Waals surface area contributed by atoms with E-state index in [1.165, 1.54) is 60.9 Å². The van der Waals surface area contributed by atoms with Crippen LogP contribution in [0.1, 0.15) is 53.7 Å². The molecule has 4 heteroatoms. The van der Waals surface area contributed by atoms with Gasteiger partial charge >= 0.3 is 0 Å². The maximum absolute atomic E-state index is 7.38. The molecule has 0 bridgehead atoms. The van der Waals surface area contributed by atoms with E-state index < -0.39 is 5.41 Å². The van der Waals surface area contributed by atoms with Crippen LogP contribution in [-0.4, -0.2) is 10.3 Å². The number of nitrogens with one attached hydrogen (secondary N) is 1. The number of fused-ring (bicyclic) bond motifs is 16. The summed E-state index contributed by atoms with van der Waals surface area (Å²) in [6.45, 7) is 2.36. The molecular weight excluding hydrogens is 779 g/mol. The molecule has 1 N–H and O–H groups in total. The van der Waals surface area contributed by atoms with Crippen molar-refractivity contribution in [1.82, 2.24) is 9.88 Å². The number of furan rings is 1. The van der Waals surface area contributed by atoms with Crippen molar-refractivity contribution in [3.63, 3.8) is 0 Å². The Morgan fingerprint density at radius 1 is 0.656 bits per heavy atom. The average molecular weight is 822 g/mol. The molecule has 64 heavy (non-hydrogen) atoms. The van der Waals surface area contributed by atoms with Gasteiger partial charge in [-0.25, -0.2) is 0 Å². The third-order valence-corrected chi connectivity index (χ3v) is 14.6. The molecule has 2 aliphatic heterocycles. The number of aromatic nitrogens is 1. The summed E-state index contributed by atoms with van der Waals surface area (Å²) in [5.41, 5.74) is 19.7. The lowest BCUT2D eigenvalue weighted by Crippen LogP contribution is -2.36. The molecule has 2 aromatic heterocycles. The predicted octanol–water partition coefficient (Wildman–Crippen LogP) is 14.7. The van der Waals surface area contributed by atoms with Crippen LogP contribution in [0.4, 0.5) is 0 Å². The van der Waals surface area contributed by atoms with Crippen molar-refractivity contribution in [3.05, 3.63) is 228 Å². The van der Waals surface area contributed by atoms with Crippen molar-refractivity contribution >= 4 is 60.9 Å². The van der Waals surface area contributed by atoms with E-state index >= 15 is 0 Å². The summed E-state index contributed by atoms with van der Waals surface area (Å²) in [6, 6.07) is 55.9. The highest BCUT2D eigenvalue weighted by Gasteiger charge is 2.53. The fraction of sp³-hybridized carbons (Fsp3) is 0.117. The SMILES string of the molecule is CC1C=C2C(=CC1)n1c3ccccc3c3c4oc5c(-c6cccc(C7N=C(C8C=CC=CC8)C=C(c8ccccc8)N7)c6)cccc5c4cc(c31)C21c2ccccc2-c2ccccc21. The number of benzene rings is 7. The van der Waals surface area contributed by atoms with Crippen molar-refractivity contribution in [2.75, 3.05) is 0 Å². The molecule has 9 aromatic rings. The number of hydrogen-bond donors (Lipinski definition) is 1. The van der Waals surface area contributed by atoms with E-state index in [1.807, 2.05) is 0 Å². The largest absolute Gasteiger partial charge is 0.455 e. The van der Waals surface area contributed by atoms with Crippen molar-refractivity contribution in [2.45, 2.75) is 31.3 Å². The summed E-state index contributed by atoms with van der Waals surface area (Å²) in [7, 11) is 0. The summed E-state index contributed by atoms with van der Waals surface area (Å²) in [5, 5.41) is 8.47. The lowest BCUT2D eigenvalue weighted by atomic mass is 9.62. The fourth-order valence-corrected chi connectivity index (χ4v) is 11.9. The molecule has 304 valence electrons. The van der Waals surface area contributed by atoms with E-state index in [0.29, 0.717) is 5.92 Å². The summed E-state index contributed by atoms with van der Waals surface area (Å²) < 4.78 is 9.94. The van der Waals surface area contributed by atoms with Crippen LogP contribution in [0.2, 0.25) is 0 Å². The van der Waals surface area contributed by atoms with E-state index in [0.717, 1.165) is 68.4 Å². The Morgan fingerprint density at radius 2 is 1.39 bits per heavy atom. The first-order chi connectivity index (χ1) is 31.6. The second kappa shape index (κ2) is 13.4. The van der Waals surface area contributed by atoms with Crippen LogP contribution in [0.5, 0.6) is 0 Å². The summed E-state index contributed by atoms with van der Waals surface area (Å²) in [4.78, 5) is 5.39. The van der Waals surface area contributed by atoms with Crippen LogP contribution >= 0.6 is 0 Å². The van der Waals surface area contributed by atoms with Gasteiger partial charge < -0.3 is 14.3 Å². The Labute approximate surface area is 371 Å². The molecule has 1 spiro atoms. The first-order valence-corrected chi connectivity index (χ1v) is 22.7. The molecule has 7 aromatic carbocycles. The van der Waals surface area contributed by atoms with Crippen LogP contribution in [0.15, 0.2) is 209 Å². The monoisotopic (exact) mass is 821 g/mol. The molecule has 0 saturated carbocycles. The number of nitrogens with zero attached hydrogens (tertiary/aromatic N) is 2. The van der Waals surface area contributed by atoms with Crippen LogP contribution in [0, 0.1) is 11.8 Å². The molecule has 0 saturated heterocycles. The third kappa shape index (κ3) is 4.85. The van der Waals surface area contributed by atoms with E-state index in [9.17, 15) is 0 Å². The zero-order chi connectivity index (χ0) is 42.1. The molecule has 5 aliphatic rings. The van der Waals surface area contributed by atoms with Gasteiger partial charge in [-0.2, -0.15) is 0 Å². The van der Waals surface area contributed by atoms with Gasteiger partial charge in [-0.15, -0.1) is 0 Å². The molecule has 0 radical (unpaired) electrons. The highest BCUT2D eigenvalue weighted by Crippen LogP contribution is 2.64. The quantitative estimate of drug-likeness (QED) is 0.192. The minimum absolute atomic E-state index is 0.231. The molecule has 3 aliphatic carbocycles. The van der Waals surface area contributed by atoms with E-state index in [1.54, 1.807) is 0 Å². The lowest BCUT2D eigenvalue weighted by Gasteiger charge is -2.43. The zero-order valence-corrected chi connectivity index (χ0v) is 35.4. The Balaban J connectivity index is 1.01. The Kier molecular flexibility index (Phi) is 7.51. The highest BCUT2D eigenvalue weighted by molar-refractivity contribution is 6.27. The van der Waals surface area contributed by atoms with Crippen LogP contribution < -0.4 is 5.32 Å². The normalized spacial score (nSPS) is 20.2. The van der Waals surface area contributed by atoms with Crippen molar-refractivity contribution < 1.29 is 4.42 Å². The minimum atomic E-state index is -0.497. The van der Waals surface area contributed by atoms with Gasteiger partial charge in [0, 0.05) is 44.7 Å². The van der Waals surface area contributed by atoms with Crippen molar-refractivity contribution in [1.29, 1.82) is 0 Å². The van der Waals surface area contributed by atoms with E-state index in [4.69, 9.17) is 9.41 Å². The lowest BCUT2D eigenvalue weighted by molar-refractivity contribution is 0.653. The molecule has 4 heterocycles. The fourth-order valence-electron chi connectivity index (χ4n) is 11.9. The van der Waals surface area contributed by atoms with Crippen molar-refractivity contribution in [2.24, 2.45) is 16.8 Å². The van der Waals surface area contributed by atoms with Crippen molar-refractivity contribution in [3.8, 4) is 22.3 Å². The van der Waals surface area contributed by atoms with Gasteiger partial charge in [0.05, 0.1) is 21.8 Å². The standard InChI is InChI=1S/C60H43N3O/c1-36-30-31-54-49(32-36)60(47-27-11-8-22-42(47)43-23-9-12-28-48(43)60)50-34-46-44-26-15-25-41(57(44)64-58(46)55-45-24-10-13-29-53(45)63(54)56(50)55)39-20-14-21-40(33-39)59-61-51(37-16-4-2-5-17-37)35-52(62-59)38-18-6-3-7-19-38/h2-18,20-29,31-36,38,59,61H,19,30H2,1H3. The van der Waals surface area contributed by atoms with Gasteiger partial charge in [-0.1, -0.05) is 177 Å².